The summed E-state index contributed by atoms with van der Waals surface area (Å²) in [6.07, 6.45) is 4.61. The Morgan fingerprint density at radius 1 is 1.21 bits per heavy atom. The van der Waals surface area contributed by atoms with Crippen LogP contribution in [0.25, 0.3) is 0 Å². The van der Waals surface area contributed by atoms with Crippen LogP contribution in [0.15, 0.2) is 30.3 Å². The molecule has 0 spiro atoms. The van der Waals surface area contributed by atoms with Crippen LogP contribution in [0, 0.1) is 5.92 Å². The summed E-state index contributed by atoms with van der Waals surface area (Å²) in [7, 11) is 0. The van der Waals surface area contributed by atoms with E-state index in [2.05, 4.69) is 18.7 Å². The van der Waals surface area contributed by atoms with Crippen molar-refractivity contribution in [2.75, 3.05) is 13.1 Å². The first-order valence-corrected chi connectivity index (χ1v) is 7.55. The first kappa shape index (κ1) is 14.3. The quantitative estimate of drug-likeness (QED) is 0.725. The van der Waals surface area contributed by atoms with E-state index in [0.717, 1.165) is 31.5 Å². The summed E-state index contributed by atoms with van der Waals surface area (Å²) in [6.45, 7) is 6.62. The Kier molecular flexibility index (Phi) is 5.15. The van der Waals surface area contributed by atoms with Crippen molar-refractivity contribution in [3.63, 3.8) is 0 Å². The molecule has 19 heavy (non-hydrogen) atoms. The summed E-state index contributed by atoms with van der Waals surface area (Å²) in [5, 5.41) is 0. The highest BCUT2D eigenvalue weighted by Crippen LogP contribution is 2.22. The summed E-state index contributed by atoms with van der Waals surface area (Å²) in [5.74, 6) is 0.918. The van der Waals surface area contributed by atoms with Gasteiger partial charge < -0.3 is 0 Å². The molecule has 1 saturated heterocycles. The molecule has 0 bridgehead atoms. The van der Waals surface area contributed by atoms with Gasteiger partial charge >= 0.3 is 0 Å². The second-order valence-corrected chi connectivity index (χ2v) is 5.74. The minimum absolute atomic E-state index is 0.0832. The number of hydrogen-bond acceptors (Lipinski definition) is 2. The number of nitrogens with zero attached hydrogens (tertiary/aromatic N) is 1. The Hall–Kier alpha value is -1.15. The molecular weight excluding hydrogens is 234 g/mol. The average molecular weight is 259 g/mol. The highest BCUT2D eigenvalue weighted by Gasteiger charge is 2.29. The third kappa shape index (κ3) is 3.66. The van der Waals surface area contributed by atoms with E-state index in [1.807, 2.05) is 30.3 Å². The van der Waals surface area contributed by atoms with Crippen molar-refractivity contribution in [3.05, 3.63) is 35.9 Å². The van der Waals surface area contributed by atoms with Crippen molar-refractivity contribution in [2.45, 2.75) is 45.6 Å². The van der Waals surface area contributed by atoms with Crippen molar-refractivity contribution in [1.29, 1.82) is 0 Å². The van der Waals surface area contributed by atoms with E-state index < -0.39 is 0 Å². The number of Topliss-reactive ketones (excluding diaryl/α,β-unsaturated/α-hetero) is 1. The Morgan fingerprint density at radius 3 is 2.42 bits per heavy atom. The van der Waals surface area contributed by atoms with Crippen LogP contribution >= 0.6 is 0 Å². The Bertz CT molecular complexity index is 395. The average Bonchev–Trinajstić information content (AvgIpc) is 2.98. The van der Waals surface area contributed by atoms with Crippen LogP contribution in [0.4, 0.5) is 0 Å². The van der Waals surface area contributed by atoms with Crippen LogP contribution in [0.2, 0.25) is 0 Å². The topological polar surface area (TPSA) is 20.3 Å². The Balaban J connectivity index is 2.14. The van der Waals surface area contributed by atoms with E-state index in [4.69, 9.17) is 0 Å². The highest BCUT2D eigenvalue weighted by molar-refractivity contribution is 6.00. The monoisotopic (exact) mass is 259 g/mol. The third-order valence-electron chi connectivity index (χ3n) is 4.26. The number of rotatable bonds is 6. The molecule has 0 saturated carbocycles. The van der Waals surface area contributed by atoms with Crippen molar-refractivity contribution < 1.29 is 4.79 Å². The molecule has 1 aromatic carbocycles. The lowest BCUT2D eigenvalue weighted by molar-refractivity contribution is 0.0817. The maximum Gasteiger partial charge on any atom is 0.179 e. The number of carbonyl (C=O) groups excluding carboxylic acids is 1. The summed E-state index contributed by atoms with van der Waals surface area (Å²) in [6, 6.07) is 9.86. The molecule has 0 radical (unpaired) electrons. The fraction of sp³-hybridized carbons (Fsp3) is 0.588. The molecule has 104 valence electrons. The van der Waals surface area contributed by atoms with Gasteiger partial charge in [-0.3, -0.25) is 9.69 Å². The zero-order chi connectivity index (χ0) is 13.7. The van der Waals surface area contributed by atoms with E-state index >= 15 is 0 Å². The maximum absolute atomic E-state index is 12.7. The van der Waals surface area contributed by atoms with Gasteiger partial charge in [0.15, 0.2) is 5.78 Å². The number of benzene rings is 1. The summed E-state index contributed by atoms with van der Waals surface area (Å²) in [5.41, 5.74) is 0.864. The molecule has 1 aromatic rings. The highest BCUT2D eigenvalue weighted by atomic mass is 16.1. The molecule has 2 heteroatoms. The Morgan fingerprint density at radius 2 is 1.84 bits per heavy atom. The van der Waals surface area contributed by atoms with Crippen LogP contribution in [-0.2, 0) is 0 Å². The van der Waals surface area contributed by atoms with Gasteiger partial charge in [-0.05, 0) is 38.3 Å². The van der Waals surface area contributed by atoms with Crippen LogP contribution in [0.1, 0.15) is 49.9 Å². The van der Waals surface area contributed by atoms with Gasteiger partial charge in [-0.2, -0.15) is 0 Å². The fourth-order valence-electron chi connectivity index (χ4n) is 2.82. The summed E-state index contributed by atoms with van der Waals surface area (Å²) < 4.78 is 0. The molecule has 0 N–H and O–H groups in total. The van der Waals surface area contributed by atoms with Crippen molar-refractivity contribution >= 4 is 5.78 Å². The van der Waals surface area contributed by atoms with E-state index in [9.17, 15) is 4.79 Å². The van der Waals surface area contributed by atoms with E-state index in [1.165, 1.54) is 12.8 Å². The zero-order valence-corrected chi connectivity index (χ0v) is 12.1. The molecule has 1 aliphatic heterocycles. The summed E-state index contributed by atoms with van der Waals surface area (Å²) in [4.78, 5) is 15.1. The molecular formula is C17H25NO. The van der Waals surface area contributed by atoms with Gasteiger partial charge in [0.1, 0.15) is 0 Å². The summed E-state index contributed by atoms with van der Waals surface area (Å²) >= 11 is 0. The number of ketones is 1. The van der Waals surface area contributed by atoms with Gasteiger partial charge in [-0.15, -0.1) is 0 Å². The molecule has 1 aliphatic rings. The first-order chi connectivity index (χ1) is 9.22. The second-order valence-electron chi connectivity index (χ2n) is 5.74. The molecule has 0 amide bonds. The predicted molar refractivity (Wildman–Crippen MR) is 79.4 cm³/mol. The maximum atomic E-state index is 12.7. The zero-order valence-electron chi connectivity index (χ0n) is 12.1. The molecule has 1 fully saturated rings. The minimum atomic E-state index is 0.0832. The van der Waals surface area contributed by atoms with Crippen LogP contribution in [0.3, 0.4) is 0 Å². The number of hydrogen-bond donors (Lipinski definition) is 0. The lowest BCUT2D eigenvalue weighted by Gasteiger charge is -2.28. The molecule has 2 unspecified atom stereocenters. The Labute approximate surface area is 116 Å². The minimum Gasteiger partial charge on any atom is -0.293 e. The van der Waals surface area contributed by atoms with Gasteiger partial charge in [0.25, 0.3) is 0 Å². The lowest BCUT2D eigenvalue weighted by atomic mass is 9.92. The molecule has 2 rings (SSSR count). The van der Waals surface area contributed by atoms with Gasteiger partial charge in [-0.1, -0.05) is 50.6 Å². The normalized spacial score (nSPS) is 19.3. The van der Waals surface area contributed by atoms with Crippen LogP contribution in [-0.4, -0.2) is 29.8 Å². The van der Waals surface area contributed by atoms with Gasteiger partial charge in [0.05, 0.1) is 6.04 Å². The standard InChI is InChI=1S/C17H25NO/c1-3-14(2)13-16(18-11-7-8-12-18)17(19)15-9-5-4-6-10-15/h4-6,9-10,14,16H,3,7-8,11-13H2,1-2H3. The van der Waals surface area contributed by atoms with Crippen LogP contribution in [0.5, 0.6) is 0 Å². The van der Waals surface area contributed by atoms with E-state index in [-0.39, 0.29) is 6.04 Å². The largest absolute Gasteiger partial charge is 0.293 e. The van der Waals surface area contributed by atoms with Gasteiger partial charge in [0, 0.05) is 5.56 Å². The van der Waals surface area contributed by atoms with Crippen molar-refractivity contribution in [1.82, 2.24) is 4.90 Å². The molecule has 0 aromatic heterocycles. The number of carbonyl (C=O) groups is 1. The fourth-order valence-corrected chi connectivity index (χ4v) is 2.82. The SMILES string of the molecule is CCC(C)CC(C(=O)c1ccccc1)N1CCCC1. The predicted octanol–water partition coefficient (Wildman–Crippen LogP) is 3.77. The van der Waals surface area contributed by atoms with E-state index in [1.54, 1.807) is 0 Å². The molecule has 2 nitrogen and oxygen atoms in total. The first-order valence-electron chi connectivity index (χ1n) is 7.55. The second kappa shape index (κ2) is 6.85. The van der Waals surface area contributed by atoms with Gasteiger partial charge in [0.2, 0.25) is 0 Å². The molecule has 1 heterocycles. The molecule has 0 aliphatic carbocycles. The van der Waals surface area contributed by atoms with Gasteiger partial charge in [-0.25, -0.2) is 0 Å². The van der Waals surface area contributed by atoms with Crippen molar-refractivity contribution in [2.24, 2.45) is 5.92 Å². The van der Waals surface area contributed by atoms with Crippen molar-refractivity contribution in [3.8, 4) is 0 Å². The number of likely N-dealkylation sites (tertiary alicyclic amines) is 1. The lowest BCUT2D eigenvalue weighted by Crippen LogP contribution is -2.40. The smallest absolute Gasteiger partial charge is 0.179 e. The third-order valence-corrected chi connectivity index (χ3v) is 4.26. The van der Waals surface area contributed by atoms with E-state index in [0.29, 0.717) is 11.7 Å². The van der Waals surface area contributed by atoms with Crippen LogP contribution < -0.4 is 0 Å². The molecule has 2 atom stereocenters.